The minimum atomic E-state index is -1.48. The van der Waals surface area contributed by atoms with Crippen LogP contribution in [0.5, 0.6) is 23.0 Å². The quantitative estimate of drug-likeness (QED) is 0.0367. The van der Waals surface area contributed by atoms with E-state index in [0.717, 1.165) is 75.4 Å². The molecule has 2 fully saturated rings. The number of amides is 6. The van der Waals surface area contributed by atoms with Gasteiger partial charge in [0.15, 0.2) is 40.8 Å². The number of carbonyl (C=O) groups excluding carboxylic acids is 9. The summed E-state index contributed by atoms with van der Waals surface area (Å²) in [7, 11) is 7.00. The number of ether oxygens (including phenoxy) is 5. The lowest BCUT2D eigenvalue weighted by atomic mass is 9.89. The van der Waals surface area contributed by atoms with Crippen LogP contribution < -0.4 is 44.3 Å². The maximum Gasteiger partial charge on any atom is 0.416 e. The van der Waals surface area contributed by atoms with E-state index in [4.69, 9.17) is 23.7 Å². The second kappa shape index (κ2) is 32.9. The molecule has 6 aromatic carbocycles. The monoisotopic (exact) mass is 1500 g/mol. The number of Topliss-reactive ketones (excluding diaryl/α,β-unsaturated/α-hetero) is 3. The topological polar surface area (TPSA) is 291 Å². The van der Waals surface area contributed by atoms with Crippen LogP contribution in [0.15, 0.2) is 128 Å². The maximum absolute atomic E-state index is 14.6. The lowest BCUT2D eigenvalue weighted by molar-refractivity contribution is -0.133. The average molecular weight is 1500 g/mol. The molecule has 1 unspecified atom stereocenters. The van der Waals surface area contributed by atoms with Gasteiger partial charge in [0, 0.05) is 118 Å². The fourth-order valence-corrected chi connectivity index (χ4v) is 15.5. The van der Waals surface area contributed by atoms with E-state index in [-0.39, 0.29) is 147 Å². The zero-order valence-electron chi connectivity index (χ0n) is 63.8. The largest absolute Gasteiger partial charge is 0.493 e. The highest BCUT2D eigenvalue weighted by Crippen LogP contribution is 2.57. The summed E-state index contributed by atoms with van der Waals surface area (Å²) in [6, 6.07) is 35.6. The van der Waals surface area contributed by atoms with Gasteiger partial charge >= 0.3 is 6.09 Å². The van der Waals surface area contributed by atoms with Crippen LogP contribution in [0.1, 0.15) is 160 Å². The van der Waals surface area contributed by atoms with E-state index >= 15 is 0 Å². The first-order chi connectivity index (χ1) is 52.9. The number of nitrogens with zero attached hydrogens (tertiary/aromatic N) is 8. The number of para-hydroxylation sites is 1. The molecule has 25 nitrogen and oxygen atoms in total. The van der Waals surface area contributed by atoms with Crippen molar-refractivity contribution in [3.05, 3.63) is 166 Å². The van der Waals surface area contributed by atoms with Gasteiger partial charge in [-0.05, 0) is 140 Å². The Morgan fingerprint density at radius 1 is 0.709 bits per heavy atom. The summed E-state index contributed by atoms with van der Waals surface area (Å²) in [6.07, 6.45) is 3.66. The standard InChI is InChI=1S/C85H96N10O15/c1-50(2)65(40-62(97)45-86-76(99)31-29-61(96)30-32-77(100)92-46-57-15-10-11-16-63(57)79-78(88-89-95(79)51(3)4)64-17-12-13-18-68(64)92)80(101)87-52(5)71(98)37-53-19-21-54(22-20-53)48-110-84(105)94-69-43-75(73(107-9)42-67(69)82(103)93-49-85(33-34-85)44-70(93)83(94)104)109-36-14-35-108-74-39-56-25-28-60-38-58(55-23-26-59(27-24-55)90(6)7)47-91(60)81(102)66(56)41-72(74)106-8/h10-13,15-24,26-27,39,41-43,47,50-52,60,65,70,83,104H,14,25,28-38,40,44-46,48-49H2,1-9H3,(H,86,99)(H,87,101)/t52-,60+,65-,70-,83?/m0/s1. The van der Waals surface area contributed by atoms with Crippen molar-refractivity contribution in [2.45, 2.75) is 162 Å². The van der Waals surface area contributed by atoms with Gasteiger partial charge in [0.1, 0.15) is 18.1 Å². The van der Waals surface area contributed by atoms with Crippen LogP contribution in [0.4, 0.5) is 21.9 Å². The highest BCUT2D eigenvalue weighted by Gasteiger charge is 2.58. The first-order valence-corrected chi connectivity index (χ1v) is 38.0. The number of carbonyl (C=O) groups is 9. The molecular formula is C85H96N10O15. The Kier molecular flexibility index (Phi) is 23.0. The molecule has 1 aromatic heterocycles. The van der Waals surface area contributed by atoms with E-state index in [9.17, 15) is 48.3 Å². The molecule has 1 saturated carbocycles. The summed E-state index contributed by atoms with van der Waals surface area (Å²) >= 11 is 0. The normalized spacial score (nSPS) is 17.6. The van der Waals surface area contributed by atoms with Gasteiger partial charge in [-0.2, -0.15) is 0 Å². The summed E-state index contributed by atoms with van der Waals surface area (Å²) in [5.41, 5.74) is 10.7. The molecule has 576 valence electrons. The van der Waals surface area contributed by atoms with E-state index in [2.05, 4.69) is 50.1 Å². The van der Waals surface area contributed by atoms with Crippen molar-refractivity contribution in [2.75, 3.05) is 69.3 Å². The molecular weight excluding hydrogens is 1400 g/mol. The Bertz CT molecular complexity index is 4730. The third kappa shape index (κ3) is 16.5. The van der Waals surface area contributed by atoms with E-state index in [1.807, 2.05) is 98.3 Å². The van der Waals surface area contributed by atoms with Crippen molar-refractivity contribution in [1.29, 1.82) is 0 Å². The number of rotatable bonds is 29. The molecule has 0 radical (unpaired) electrons. The highest BCUT2D eigenvalue weighted by atomic mass is 16.6. The molecule has 6 amide bonds. The van der Waals surface area contributed by atoms with Crippen molar-refractivity contribution in [1.82, 2.24) is 35.4 Å². The summed E-state index contributed by atoms with van der Waals surface area (Å²) in [6.45, 7) is 9.61. The number of ketones is 3. The Hall–Kier alpha value is -11.2. The number of fused-ring (bicyclic) bond motifs is 9. The first-order valence-electron chi connectivity index (χ1n) is 38.0. The van der Waals surface area contributed by atoms with Gasteiger partial charge in [-0.25, -0.2) is 14.4 Å². The zero-order chi connectivity index (χ0) is 77.8. The van der Waals surface area contributed by atoms with Crippen molar-refractivity contribution in [3.63, 3.8) is 0 Å². The second-order valence-electron chi connectivity index (χ2n) is 30.6. The molecule has 1 aliphatic carbocycles. The van der Waals surface area contributed by atoms with Crippen LogP contribution in [0, 0.1) is 17.3 Å². The summed E-state index contributed by atoms with van der Waals surface area (Å²) in [4.78, 5) is 132. The van der Waals surface area contributed by atoms with Crippen LogP contribution in [0.3, 0.4) is 0 Å². The fraction of sp³-hybridized carbons (Fsp3) is 0.424. The lowest BCUT2D eigenvalue weighted by Crippen LogP contribution is -2.50. The number of hydrogen-bond acceptors (Lipinski definition) is 18. The van der Waals surface area contributed by atoms with Gasteiger partial charge in [0.05, 0.1) is 75.2 Å². The van der Waals surface area contributed by atoms with Gasteiger partial charge in [-0.15, -0.1) is 5.10 Å². The van der Waals surface area contributed by atoms with Crippen molar-refractivity contribution >= 4 is 75.6 Å². The van der Waals surface area contributed by atoms with Crippen LogP contribution >= 0.6 is 0 Å². The Morgan fingerprint density at radius 2 is 1.38 bits per heavy atom. The number of aliphatic hydroxyl groups is 1. The van der Waals surface area contributed by atoms with Gasteiger partial charge in [-0.3, -0.25) is 38.4 Å². The van der Waals surface area contributed by atoms with Crippen LogP contribution in [0.25, 0.3) is 28.1 Å². The molecule has 25 heteroatoms. The predicted molar refractivity (Wildman–Crippen MR) is 413 cm³/mol. The number of benzene rings is 6. The molecule has 5 atom stereocenters. The summed E-state index contributed by atoms with van der Waals surface area (Å²) < 4.78 is 32.0. The van der Waals surface area contributed by atoms with Crippen LogP contribution in [-0.2, 0) is 59.5 Å². The van der Waals surface area contributed by atoms with Gasteiger partial charge in [-0.1, -0.05) is 97.9 Å². The maximum atomic E-state index is 14.6. The number of aliphatic hydroxyl groups excluding tert-OH is 1. The number of aryl methyl sites for hydroxylation is 1. The number of anilines is 3. The number of methoxy groups -OCH3 is 2. The third-order valence-corrected chi connectivity index (χ3v) is 22.1. The molecule has 3 N–H and O–H groups in total. The number of nitrogens with one attached hydrogen (secondary N) is 2. The van der Waals surface area contributed by atoms with Crippen molar-refractivity contribution < 1.29 is 71.9 Å². The second-order valence-corrected chi connectivity index (χ2v) is 30.6. The van der Waals surface area contributed by atoms with E-state index in [1.54, 1.807) is 60.9 Å². The minimum absolute atomic E-state index is 0.0208. The molecule has 6 heterocycles. The van der Waals surface area contributed by atoms with Crippen molar-refractivity contribution in [2.24, 2.45) is 17.3 Å². The molecule has 110 heavy (non-hydrogen) atoms. The van der Waals surface area contributed by atoms with E-state index in [1.165, 1.54) is 26.4 Å². The Balaban J connectivity index is 0.569. The van der Waals surface area contributed by atoms with Gasteiger partial charge < -0.3 is 59.0 Å². The molecule has 1 saturated heterocycles. The molecule has 0 bridgehead atoms. The van der Waals surface area contributed by atoms with E-state index in [0.29, 0.717) is 65.4 Å². The van der Waals surface area contributed by atoms with Gasteiger partial charge in [0.2, 0.25) is 17.7 Å². The van der Waals surface area contributed by atoms with Crippen molar-refractivity contribution in [3.8, 4) is 45.5 Å². The predicted octanol–water partition coefficient (Wildman–Crippen LogP) is 11.4. The minimum Gasteiger partial charge on any atom is -0.493 e. The average Bonchev–Trinajstić information content (AvgIpc) is 1.09. The Morgan fingerprint density at radius 3 is 2.07 bits per heavy atom. The highest BCUT2D eigenvalue weighted by molar-refractivity contribution is 6.07. The summed E-state index contributed by atoms with van der Waals surface area (Å²) in [5.74, 6) is -2.52. The van der Waals surface area contributed by atoms with Crippen LogP contribution in [-0.4, -0.2) is 162 Å². The molecule has 1 spiro atoms. The van der Waals surface area contributed by atoms with Gasteiger partial charge in [0.25, 0.3) is 11.8 Å². The molecule has 6 aliphatic rings. The Labute approximate surface area is 640 Å². The summed E-state index contributed by atoms with van der Waals surface area (Å²) in [5, 5.41) is 26.7. The first kappa shape index (κ1) is 77.0. The lowest BCUT2D eigenvalue weighted by Gasteiger charge is -2.31. The number of hydrogen-bond donors (Lipinski definition) is 3. The zero-order valence-corrected chi connectivity index (χ0v) is 63.8. The third-order valence-electron chi connectivity index (χ3n) is 22.1. The SMILES string of the molecule is COc1cc2c(cc1OCCCOc1cc3c(cc1OC)C(=O)N1CC4(CC4)C[C@H]1C(O)N3C(=O)OCc1ccc(CC(=O)[C@H](C)NC(=O)[C@@H](CC(=O)CNC(=O)CCC(=O)CCC(=O)N3Cc4ccccc4-c4c(nnn4C(C)C)-c4ccccc43)C(C)C)cc1)CC[C@@H]1CC(c3ccc(N(C)C)cc3)=CN1C2=O. The molecule has 5 aliphatic heterocycles. The van der Waals surface area contributed by atoms with E-state index < -0.39 is 47.9 Å². The fourth-order valence-electron chi connectivity index (χ4n) is 15.5. The number of aromatic nitrogens is 3. The smallest absolute Gasteiger partial charge is 0.416 e. The molecule has 13 rings (SSSR count). The molecule has 7 aromatic rings. The van der Waals surface area contributed by atoms with Crippen LogP contribution in [0.2, 0.25) is 0 Å².